The van der Waals surface area contributed by atoms with E-state index < -0.39 is 0 Å². The Morgan fingerprint density at radius 1 is 1.00 bits per heavy atom. The van der Waals surface area contributed by atoms with Crippen LogP contribution in [0.15, 0.2) is 97.3 Å². The zero-order valence-electron chi connectivity index (χ0n) is 21.3. The van der Waals surface area contributed by atoms with E-state index in [1.807, 2.05) is 43.3 Å². The Bertz CT molecular complexity index is 1490. The van der Waals surface area contributed by atoms with Crippen molar-refractivity contribution in [3.05, 3.63) is 120 Å². The van der Waals surface area contributed by atoms with E-state index in [0.29, 0.717) is 34.7 Å². The fraction of sp³-hybridized carbons (Fsp3) is 0.129. The van der Waals surface area contributed by atoms with Crippen molar-refractivity contribution in [1.29, 1.82) is 5.26 Å². The SMILES string of the molecule is C=C(C)Nc1ccccc1CCNCc1cnc(-c2ccc(C(=O)Nc3ccccc3N)cc2)c(C#N)c1. The maximum atomic E-state index is 12.6. The van der Waals surface area contributed by atoms with Crippen molar-refractivity contribution in [3.63, 3.8) is 0 Å². The summed E-state index contributed by atoms with van der Waals surface area (Å²) in [5.41, 5.74) is 13.4. The van der Waals surface area contributed by atoms with Gasteiger partial charge in [0.25, 0.3) is 5.91 Å². The van der Waals surface area contributed by atoms with Crippen LogP contribution in [-0.2, 0) is 13.0 Å². The van der Waals surface area contributed by atoms with Gasteiger partial charge in [-0.1, -0.05) is 49.0 Å². The van der Waals surface area contributed by atoms with Crippen LogP contribution in [0.5, 0.6) is 0 Å². The van der Waals surface area contributed by atoms with Crippen LogP contribution in [0.2, 0.25) is 0 Å². The highest BCUT2D eigenvalue weighted by atomic mass is 16.1. The molecule has 0 fully saturated rings. The second-order valence-corrected chi connectivity index (χ2v) is 8.96. The van der Waals surface area contributed by atoms with Crippen LogP contribution in [-0.4, -0.2) is 17.4 Å². The smallest absolute Gasteiger partial charge is 0.255 e. The Morgan fingerprint density at radius 3 is 2.42 bits per heavy atom. The van der Waals surface area contributed by atoms with Crippen molar-refractivity contribution in [1.82, 2.24) is 10.3 Å². The molecule has 0 aliphatic heterocycles. The number of nitrogens with zero attached hydrogens (tertiary/aromatic N) is 2. The minimum atomic E-state index is -0.262. The third-order valence-electron chi connectivity index (χ3n) is 5.96. The first-order chi connectivity index (χ1) is 18.4. The van der Waals surface area contributed by atoms with Crippen molar-refractivity contribution in [2.45, 2.75) is 19.9 Å². The molecule has 0 saturated carbocycles. The molecule has 4 aromatic rings. The number of aromatic nitrogens is 1. The molecule has 190 valence electrons. The molecule has 0 atom stereocenters. The lowest BCUT2D eigenvalue weighted by atomic mass is 10.0. The average molecular weight is 503 g/mol. The van der Waals surface area contributed by atoms with Gasteiger partial charge in [0.2, 0.25) is 0 Å². The van der Waals surface area contributed by atoms with E-state index in [0.717, 1.165) is 35.5 Å². The second-order valence-electron chi connectivity index (χ2n) is 8.96. The Hall–Kier alpha value is -4.93. The molecule has 4 rings (SSSR count). The molecule has 0 spiro atoms. The number of nitrogen functional groups attached to an aromatic ring is 1. The van der Waals surface area contributed by atoms with Crippen LogP contribution < -0.4 is 21.7 Å². The maximum absolute atomic E-state index is 12.6. The highest BCUT2D eigenvalue weighted by molar-refractivity contribution is 6.05. The van der Waals surface area contributed by atoms with Gasteiger partial charge in [-0.2, -0.15) is 5.26 Å². The Morgan fingerprint density at radius 2 is 1.71 bits per heavy atom. The normalized spacial score (nSPS) is 10.4. The van der Waals surface area contributed by atoms with E-state index in [1.54, 1.807) is 42.6 Å². The summed E-state index contributed by atoms with van der Waals surface area (Å²) >= 11 is 0. The summed E-state index contributed by atoms with van der Waals surface area (Å²) in [6.45, 7) is 7.23. The molecule has 1 heterocycles. The summed E-state index contributed by atoms with van der Waals surface area (Å²) in [5.74, 6) is -0.262. The zero-order valence-corrected chi connectivity index (χ0v) is 21.3. The van der Waals surface area contributed by atoms with Gasteiger partial charge in [0.05, 0.1) is 22.6 Å². The standard InChI is InChI=1S/C31H30N6O/c1-21(2)36-28-9-5-3-7-23(28)15-16-34-19-22-17-26(18-32)30(35-20-22)24-11-13-25(14-12-24)31(38)37-29-10-6-4-8-27(29)33/h3-14,17,20,34,36H,1,15-16,19,33H2,2H3,(H,37,38). The highest BCUT2D eigenvalue weighted by Gasteiger charge is 2.12. The summed E-state index contributed by atoms with van der Waals surface area (Å²) in [5, 5.41) is 19.3. The number of nitrogens with one attached hydrogen (secondary N) is 3. The number of allylic oxidation sites excluding steroid dienone is 1. The van der Waals surface area contributed by atoms with Crippen LogP contribution in [0.1, 0.15) is 34.0 Å². The lowest BCUT2D eigenvalue weighted by Crippen LogP contribution is -2.17. The van der Waals surface area contributed by atoms with Gasteiger partial charge in [-0.05, 0) is 67.4 Å². The Labute approximate surface area is 223 Å². The van der Waals surface area contributed by atoms with Crippen LogP contribution in [0.4, 0.5) is 17.1 Å². The average Bonchev–Trinajstić information content (AvgIpc) is 2.93. The largest absolute Gasteiger partial charge is 0.397 e. The third kappa shape index (κ3) is 6.64. The molecule has 7 heteroatoms. The molecular weight excluding hydrogens is 472 g/mol. The molecule has 38 heavy (non-hydrogen) atoms. The molecular formula is C31H30N6O. The number of benzene rings is 3. The predicted molar refractivity (Wildman–Crippen MR) is 153 cm³/mol. The molecule has 1 aromatic heterocycles. The summed E-state index contributed by atoms with van der Waals surface area (Å²) in [6, 6.07) is 26.4. The molecule has 0 aliphatic carbocycles. The van der Waals surface area contributed by atoms with Gasteiger partial charge in [0.1, 0.15) is 6.07 Å². The fourth-order valence-electron chi connectivity index (χ4n) is 4.05. The van der Waals surface area contributed by atoms with Gasteiger partial charge in [0, 0.05) is 35.3 Å². The molecule has 0 radical (unpaired) electrons. The number of carbonyl (C=O) groups excluding carboxylic acids is 1. The molecule has 0 unspecified atom stereocenters. The molecule has 3 aromatic carbocycles. The molecule has 5 N–H and O–H groups in total. The predicted octanol–water partition coefficient (Wildman–Crippen LogP) is 5.73. The quantitative estimate of drug-likeness (QED) is 0.163. The van der Waals surface area contributed by atoms with E-state index >= 15 is 0 Å². The molecule has 7 nitrogen and oxygen atoms in total. The Kier molecular flexibility index (Phi) is 8.50. The summed E-state index contributed by atoms with van der Waals surface area (Å²) in [7, 11) is 0. The fourth-order valence-corrected chi connectivity index (χ4v) is 4.05. The number of nitriles is 1. The van der Waals surface area contributed by atoms with E-state index in [9.17, 15) is 10.1 Å². The minimum Gasteiger partial charge on any atom is -0.397 e. The van der Waals surface area contributed by atoms with E-state index in [1.165, 1.54) is 5.56 Å². The van der Waals surface area contributed by atoms with Crippen molar-refractivity contribution >= 4 is 23.0 Å². The maximum Gasteiger partial charge on any atom is 0.255 e. The summed E-state index contributed by atoms with van der Waals surface area (Å²) < 4.78 is 0. The van der Waals surface area contributed by atoms with Crippen molar-refractivity contribution in [2.24, 2.45) is 0 Å². The molecule has 0 bridgehead atoms. The number of carbonyl (C=O) groups is 1. The number of pyridine rings is 1. The van der Waals surface area contributed by atoms with Crippen molar-refractivity contribution in [2.75, 3.05) is 22.9 Å². The van der Waals surface area contributed by atoms with Gasteiger partial charge < -0.3 is 21.7 Å². The second kappa shape index (κ2) is 12.3. The number of nitrogens with two attached hydrogens (primary N) is 1. The van der Waals surface area contributed by atoms with Gasteiger partial charge >= 0.3 is 0 Å². The molecule has 0 saturated heterocycles. The number of anilines is 3. The van der Waals surface area contributed by atoms with Gasteiger partial charge in [0.15, 0.2) is 0 Å². The van der Waals surface area contributed by atoms with Gasteiger partial charge in [-0.25, -0.2) is 0 Å². The first kappa shape index (κ1) is 26.1. The van der Waals surface area contributed by atoms with Crippen molar-refractivity contribution < 1.29 is 4.79 Å². The number of hydrogen-bond donors (Lipinski definition) is 4. The summed E-state index contributed by atoms with van der Waals surface area (Å²) in [6.07, 6.45) is 2.63. The van der Waals surface area contributed by atoms with E-state index in [4.69, 9.17) is 5.73 Å². The lowest BCUT2D eigenvalue weighted by Gasteiger charge is -2.12. The third-order valence-corrected chi connectivity index (χ3v) is 5.96. The number of hydrogen-bond acceptors (Lipinski definition) is 6. The highest BCUT2D eigenvalue weighted by Crippen LogP contribution is 2.24. The van der Waals surface area contributed by atoms with Crippen LogP contribution in [0, 0.1) is 11.3 Å². The first-order valence-electron chi connectivity index (χ1n) is 12.3. The van der Waals surface area contributed by atoms with E-state index in [2.05, 4.69) is 39.6 Å². The van der Waals surface area contributed by atoms with Gasteiger partial charge in [-0.15, -0.1) is 0 Å². The number of amides is 1. The van der Waals surface area contributed by atoms with Crippen LogP contribution in [0.25, 0.3) is 11.3 Å². The van der Waals surface area contributed by atoms with Crippen LogP contribution in [0.3, 0.4) is 0 Å². The minimum absolute atomic E-state index is 0.262. The monoisotopic (exact) mass is 502 g/mol. The lowest BCUT2D eigenvalue weighted by molar-refractivity contribution is 0.102. The number of rotatable bonds is 10. The first-order valence-corrected chi connectivity index (χ1v) is 12.3. The topological polar surface area (TPSA) is 116 Å². The summed E-state index contributed by atoms with van der Waals surface area (Å²) in [4.78, 5) is 17.2. The zero-order chi connectivity index (χ0) is 26.9. The van der Waals surface area contributed by atoms with Crippen LogP contribution >= 0.6 is 0 Å². The Balaban J connectivity index is 1.37. The van der Waals surface area contributed by atoms with E-state index in [-0.39, 0.29) is 5.91 Å². The molecule has 0 aliphatic rings. The molecule has 1 amide bonds. The van der Waals surface area contributed by atoms with Crippen molar-refractivity contribution in [3.8, 4) is 17.3 Å². The van der Waals surface area contributed by atoms with Gasteiger partial charge in [-0.3, -0.25) is 9.78 Å². The number of para-hydroxylation sites is 3.